The van der Waals surface area contributed by atoms with E-state index in [2.05, 4.69) is 0 Å². The van der Waals surface area contributed by atoms with Gasteiger partial charge in [0.05, 0.1) is 28.2 Å². The van der Waals surface area contributed by atoms with Crippen molar-refractivity contribution in [2.24, 2.45) is 0 Å². The molecule has 6 heteroatoms. The summed E-state index contributed by atoms with van der Waals surface area (Å²) in [5.41, 5.74) is 2.22. The van der Waals surface area contributed by atoms with Gasteiger partial charge in [0.15, 0.2) is 5.13 Å². The first-order chi connectivity index (χ1) is 13.7. The zero-order chi connectivity index (χ0) is 19.1. The lowest BCUT2D eigenvalue weighted by Gasteiger charge is -2.11. The summed E-state index contributed by atoms with van der Waals surface area (Å²) in [6.07, 6.45) is 0. The highest BCUT2D eigenvalue weighted by molar-refractivity contribution is 7.20. The van der Waals surface area contributed by atoms with Crippen molar-refractivity contribution in [3.8, 4) is 22.3 Å². The highest BCUT2D eigenvalue weighted by Crippen LogP contribution is 2.30. The van der Waals surface area contributed by atoms with Gasteiger partial charge in [-0.25, -0.2) is 14.5 Å². The first-order valence-corrected chi connectivity index (χ1v) is 9.58. The monoisotopic (exact) mass is 385 g/mol. The highest BCUT2D eigenvalue weighted by Gasteiger charge is 2.17. The van der Waals surface area contributed by atoms with Gasteiger partial charge in [0, 0.05) is 5.56 Å². The van der Waals surface area contributed by atoms with Crippen LogP contribution in [0.4, 0.5) is 0 Å². The van der Waals surface area contributed by atoms with Crippen molar-refractivity contribution in [3.05, 3.63) is 83.2 Å². The molecule has 5 nitrogen and oxygen atoms in total. The first-order valence-electron chi connectivity index (χ1n) is 8.77. The van der Waals surface area contributed by atoms with E-state index in [1.54, 1.807) is 17.7 Å². The number of thiazole rings is 1. The van der Waals surface area contributed by atoms with Crippen molar-refractivity contribution >= 4 is 32.5 Å². The van der Waals surface area contributed by atoms with E-state index in [-0.39, 0.29) is 5.56 Å². The smallest absolute Gasteiger partial charge is 0.268 e. The Bertz CT molecular complexity index is 1370. The lowest BCUT2D eigenvalue weighted by atomic mass is 10.2. The molecule has 0 spiro atoms. The first kappa shape index (κ1) is 16.6. The van der Waals surface area contributed by atoms with Crippen molar-refractivity contribution in [2.75, 3.05) is 7.11 Å². The largest absolute Gasteiger partial charge is 0.497 e. The average Bonchev–Trinajstić information content (AvgIpc) is 3.17. The van der Waals surface area contributed by atoms with Crippen LogP contribution >= 0.6 is 11.3 Å². The van der Waals surface area contributed by atoms with E-state index < -0.39 is 0 Å². The number of benzene rings is 3. The number of para-hydroxylation sites is 1. The Hall–Kier alpha value is -3.51. The number of hydrogen-bond donors (Lipinski definition) is 0. The molecule has 0 aliphatic carbocycles. The molecule has 0 unspecified atom stereocenters. The minimum atomic E-state index is -0.129. The van der Waals surface area contributed by atoms with Gasteiger partial charge in [-0.05, 0) is 30.3 Å². The zero-order valence-electron chi connectivity index (χ0n) is 15.0. The van der Waals surface area contributed by atoms with E-state index in [9.17, 15) is 4.79 Å². The summed E-state index contributed by atoms with van der Waals surface area (Å²) in [5.74, 6) is 1.34. The Morgan fingerprint density at radius 3 is 2.50 bits per heavy atom. The van der Waals surface area contributed by atoms with Crippen LogP contribution in [0.2, 0.25) is 0 Å². The molecule has 0 atom stereocenters. The summed E-state index contributed by atoms with van der Waals surface area (Å²) in [4.78, 5) is 22.9. The fraction of sp³-hybridized carbons (Fsp3) is 0.0455. The van der Waals surface area contributed by atoms with Gasteiger partial charge in [-0.2, -0.15) is 0 Å². The summed E-state index contributed by atoms with van der Waals surface area (Å²) >= 11 is 1.44. The molecule has 0 saturated carbocycles. The highest BCUT2D eigenvalue weighted by atomic mass is 32.1. The fourth-order valence-corrected chi connectivity index (χ4v) is 4.20. The van der Waals surface area contributed by atoms with Crippen molar-refractivity contribution in [1.82, 2.24) is 14.5 Å². The van der Waals surface area contributed by atoms with E-state index in [0.717, 1.165) is 21.5 Å². The number of ether oxygens (including phenoxy) is 1. The predicted molar refractivity (Wildman–Crippen MR) is 113 cm³/mol. The van der Waals surface area contributed by atoms with Crippen LogP contribution in [0.5, 0.6) is 5.75 Å². The van der Waals surface area contributed by atoms with Crippen LogP contribution in [-0.2, 0) is 0 Å². The normalized spacial score (nSPS) is 11.2. The standard InChI is InChI=1S/C22H15N3O2S/c1-27-15-11-12-18-19(13-15)28-22(24-18)25-20(14-7-3-2-4-8-14)23-17-10-6-5-9-16(17)21(25)26/h2-13H,1H3. The molecule has 0 aliphatic heterocycles. The summed E-state index contributed by atoms with van der Waals surface area (Å²) in [7, 11) is 1.63. The summed E-state index contributed by atoms with van der Waals surface area (Å²) in [6.45, 7) is 0. The van der Waals surface area contributed by atoms with Crippen LogP contribution in [0.3, 0.4) is 0 Å². The third kappa shape index (κ3) is 2.66. The van der Waals surface area contributed by atoms with Crippen molar-refractivity contribution in [2.45, 2.75) is 0 Å². The molecule has 2 aromatic heterocycles. The maximum Gasteiger partial charge on any atom is 0.268 e. The summed E-state index contributed by atoms with van der Waals surface area (Å²) in [5, 5.41) is 1.16. The molecular weight excluding hydrogens is 370 g/mol. The van der Waals surface area contributed by atoms with Gasteiger partial charge in [0.1, 0.15) is 11.6 Å². The van der Waals surface area contributed by atoms with E-state index in [4.69, 9.17) is 14.7 Å². The number of fused-ring (bicyclic) bond motifs is 2. The third-order valence-electron chi connectivity index (χ3n) is 4.58. The van der Waals surface area contributed by atoms with E-state index in [0.29, 0.717) is 21.9 Å². The van der Waals surface area contributed by atoms with Gasteiger partial charge < -0.3 is 4.74 Å². The maximum absolute atomic E-state index is 13.4. The summed E-state index contributed by atoms with van der Waals surface area (Å²) < 4.78 is 7.87. The molecule has 5 rings (SSSR count). The van der Waals surface area contributed by atoms with Crippen LogP contribution in [0.25, 0.3) is 37.6 Å². The summed E-state index contributed by atoms with van der Waals surface area (Å²) in [6, 6.07) is 22.8. The van der Waals surface area contributed by atoms with Crippen molar-refractivity contribution < 1.29 is 4.74 Å². The van der Waals surface area contributed by atoms with Crippen molar-refractivity contribution in [3.63, 3.8) is 0 Å². The third-order valence-corrected chi connectivity index (χ3v) is 5.59. The molecule has 0 aliphatic rings. The van der Waals surface area contributed by atoms with Crippen LogP contribution < -0.4 is 10.3 Å². The van der Waals surface area contributed by atoms with E-state index in [1.807, 2.05) is 66.7 Å². The molecule has 0 saturated heterocycles. The molecule has 28 heavy (non-hydrogen) atoms. The molecule has 0 amide bonds. The molecule has 0 fully saturated rings. The maximum atomic E-state index is 13.4. The molecule has 3 aromatic carbocycles. The molecule has 136 valence electrons. The van der Waals surface area contributed by atoms with Gasteiger partial charge in [0.25, 0.3) is 5.56 Å². The number of aromatic nitrogens is 3. The number of nitrogens with zero attached hydrogens (tertiary/aromatic N) is 3. The fourth-order valence-electron chi connectivity index (χ4n) is 3.21. The second-order valence-corrected chi connectivity index (χ2v) is 7.30. The lowest BCUT2D eigenvalue weighted by molar-refractivity contribution is 0.415. The second-order valence-electron chi connectivity index (χ2n) is 6.29. The number of rotatable bonds is 3. The Labute approximate surface area is 164 Å². The Kier molecular flexibility index (Phi) is 3.91. The predicted octanol–water partition coefficient (Wildman–Crippen LogP) is 4.67. The van der Waals surface area contributed by atoms with Crippen LogP contribution in [-0.4, -0.2) is 21.6 Å². The number of methoxy groups -OCH3 is 1. The lowest BCUT2D eigenvalue weighted by Crippen LogP contribution is -2.21. The van der Waals surface area contributed by atoms with Gasteiger partial charge in [-0.15, -0.1) is 0 Å². The van der Waals surface area contributed by atoms with Gasteiger partial charge >= 0.3 is 0 Å². The minimum absolute atomic E-state index is 0.129. The Morgan fingerprint density at radius 1 is 0.893 bits per heavy atom. The van der Waals surface area contributed by atoms with Crippen LogP contribution in [0, 0.1) is 0 Å². The van der Waals surface area contributed by atoms with E-state index in [1.165, 1.54) is 11.3 Å². The molecule has 5 aromatic rings. The zero-order valence-corrected chi connectivity index (χ0v) is 15.8. The SMILES string of the molecule is COc1ccc2nc(-n3c(-c4ccccc4)nc4ccccc4c3=O)sc2c1. The van der Waals surface area contributed by atoms with Crippen LogP contribution in [0.15, 0.2) is 77.6 Å². The topological polar surface area (TPSA) is 57.0 Å². The van der Waals surface area contributed by atoms with Gasteiger partial charge in [0.2, 0.25) is 0 Å². The Morgan fingerprint density at radius 2 is 1.68 bits per heavy atom. The average molecular weight is 385 g/mol. The Balaban J connectivity index is 1.85. The quantitative estimate of drug-likeness (QED) is 0.453. The molecule has 2 heterocycles. The van der Waals surface area contributed by atoms with Crippen LogP contribution in [0.1, 0.15) is 0 Å². The van der Waals surface area contributed by atoms with Gasteiger partial charge in [-0.3, -0.25) is 4.79 Å². The van der Waals surface area contributed by atoms with E-state index >= 15 is 0 Å². The molecule has 0 bridgehead atoms. The van der Waals surface area contributed by atoms with Gasteiger partial charge in [-0.1, -0.05) is 53.8 Å². The minimum Gasteiger partial charge on any atom is -0.497 e. The molecular formula is C22H15N3O2S. The van der Waals surface area contributed by atoms with Crippen molar-refractivity contribution in [1.29, 1.82) is 0 Å². The second kappa shape index (κ2) is 6.58. The molecule has 0 radical (unpaired) electrons. The molecule has 0 N–H and O–H groups in total. The number of hydrogen-bond acceptors (Lipinski definition) is 5.